The van der Waals surface area contributed by atoms with Crippen LogP contribution in [0.4, 0.5) is 0 Å². The van der Waals surface area contributed by atoms with Crippen molar-refractivity contribution < 1.29 is 0 Å². The Bertz CT molecular complexity index is 645. The lowest BCUT2D eigenvalue weighted by atomic mass is 10.00. The molecule has 1 aromatic heterocycles. The highest BCUT2D eigenvalue weighted by atomic mass is 127. The van der Waals surface area contributed by atoms with Crippen molar-refractivity contribution >= 4 is 29.9 Å². The molecule has 0 bridgehead atoms. The average molecular weight is 438 g/mol. The van der Waals surface area contributed by atoms with E-state index in [0.717, 1.165) is 31.2 Å². The van der Waals surface area contributed by atoms with Crippen molar-refractivity contribution in [2.75, 3.05) is 13.6 Å². The molecule has 0 fully saturated rings. The Morgan fingerprint density at radius 3 is 2.38 bits per heavy atom. The van der Waals surface area contributed by atoms with E-state index >= 15 is 0 Å². The van der Waals surface area contributed by atoms with Crippen molar-refractivity contribution in [3.05, 3.63) is 64.5 Å². The maximum atomic E-state index is 4.33. The molecule has 0 unspecified atom stereocenters. The molecule has 0 aliphatic rings. The third-order valence-electron chi connectivity index (χ3n) is 3.90. The largest absolute Gasteiger partial charge is 0.356 e. The Morgan fingerprint density at radius 1 is 1.08 bits per heavy atom. The highest BCUT2D eigenvalue weighted by Crippen LogP contribution is 2.15. The number of guanidine groups is 1. The Morgan fingerprint density at radius 2 is 1.79 bits per heavy atom. The zero-order valence-electron chi connectivity index (χ0n) is 14.9. The number of halogens is 1. The first-order chi connectivity index (χ1) is 11.1. The van der Waals surface area contributed by atoms with Crippen LogP contribution in [0.15, 0.2) is 41.5 Å². The van der Waals surface area contributed by atoms with Crippen LogP contribution in [-0.2, 0) is 13.0 Å². The maximum absolute atomic E-state index is 4.33. The lowest BCUT2D eigenvalue weighted by Gasteiger charge is -2.15. The third-order valence-corrected chi connectivity index (χ3v) is 3.90. The number of aromatic nitrogens is 1. The molecule has 0 atom stereocenters. The van der Waals surface area contributed by atoms with Crippen LogP contribution in [0.25, 0.3) is 0 Å². The second-order valence-corrected chi connectivity index (χ2v) is 5.80. The van der Waals surface area contributed by atoms with Gasteiger partial charge in [0.1, 0.15) is 0 Å². The van der Waals surface area contributed by atoms with Gasteiger partial charge < -0.3 is 10.6 Å². The lowest BCUT2D eigenvalue weighted by molar-refractivity contribution is 0.780. The smallest absolute Gasteiger partial charge is 0.191 e. The van der Waals surface area contributed by atoms with E-state index in [1.807, 2.05) is 24.4 Å². The SMILES string of the molecule is CN=C(NCCc1ccccn1)NCc1c(C)cc(C)cc1C.I. The van der Waals surface area contributed by atoms with Gasteiger partial charge in [-0.1, -0.05) is 23.8 Å². The predicted molar refractivity (Wildman–Crippen MR) is 112 cm³/mol. The molecule has 24 heavy (non-hydrogen) atoms. The summed E-state index contributed by atoms with van der Waals surface area (Å²) < 4.78 is 0. The van der Waals surface area contributed by atoms with Crippen molar-refractivity contribution in [3.8, 4) is 0 Å². The number of aliphatic imine (C=N–C) groups is 1. The standard InChI is InChI=1S/C19H26N4.HI/c1-14-11-15(2)18(16(3)12-14)13-23-19(20-4)22-10-8-17-7-5-6-9-21-17;/h5-7,9,11-12H,8,10,13H2,1-4H3,(H2,20,22,23);1H. The van der Waals surface area contributed by atoms with Crippen molar-refractivity contribution in [1.29, 1.82) is 0 Å². The Labute approximate surface area is 162 Å². The molecule has 0 aliphatic carbocycles. The molecule has 0 radical (unpaired) electrons. The summed E-state index contributed by atoms with van der Waals surface area (Å²) in [6.07, 6.45) is 2.70. The Kier molecular flexibility index (Phi) is 8.74. The summed E-state index contributed by atoms with van der Waals surface area (Å²) in [7, 11) is 1.80. The first kappa shape index (κ1) is 20.4. The van der Waals surface area contributed by atoms with Crippen LogP contribution in [0, 0.1) is 20.8 Å². The molecule has 130 valence electrons. The van der Waals surface area contributed by atoms with Crippen molar-refractivity contribution in [1.82, 2.24) is 15.6 Å². The first-order valence-electron chi connectivity index (χ1n) is 8.01. The number of pyridine rings is 1. The molecule has 1 heterocycles. The van der Waals surface area contributed by atoms with E-state index in [9.17, 15) is 0 Å². The van der Waals surface area contributed by atoms with Crippen LogP contribution in [0.5, 0.6) is 0 Å². The summed E-state index contributed by atoms with van der Waals surface area (Å²) in [5.74, 6) is 0.820. The normalized spacial score (nSPS) is 10.9. The van der Waals surface area contributed by atoms with Gasteiger partial charge in [0.25, 0.3) is 0 Å². The average Bonchev–Trinajstić information content (AvgIpc) is 2.53. The molecule has 2 aromatic rings. The number of hydrogen-bond donors (Lipinski definition) is 2. The number of aryl methyl sites for hydroxylation is 3. The minimum atomic E-state index is 0. The zero-order valence-corrected chi connectivity index (χ0v) is 17.2. The van der Waals surface area contributed by atoms with E-state index in [-0.39, 0.29) is 24.0 Å². The van der Waals surface area contributed by atoms with Crippen LogP contribution in [0.2, 0.25) is 0 Å². The topological polar surface area (TPSA) is 49.3 Å². The van der Waals surface area contributed by atoms with Gasteiger partial charge in [-0.05, 0) is 49.6 Å². The van der Waals surface area contributed by atoms with Gasteiger partial charge in [0.05, 0.1) is 0 Å². The number of hydrogen-bond acceptors (Lipinski definition) is 2. The van der Waals surface area contributed by atoms with E-state index in [0.29, 0.717) is 0 Å². The summed E-state index contributed by atoms with van der Waals surface area (Å²) in [4.78, 5) is 8.61. The molecule has 0 amide bonds. The molecule has 0 saturated carbocycles. The lowest BCUT2D eigenvalue weighted by Crippen LogP contribution is -2.38. The fourth-order valence-electron chi connectivity index (χ4n) is 2.74. The van der Waals surface area contributed by atoms with Gasteiger partial charge in [0.15, 0.2) is 5.96 Å². The van der Waals surface area contributed by atoms with Crippen molar-refractivity contribution in [2.45, 2.75) is 33.7 Å². The first-order valence-corrected chi connectivity index (χ1v) is 8.01. The minimum absolute atomic E-state index is 0. The summed E-state index contributed by atoms with van der Waals surface area (Å²) in [6.45, 7) is 8.04. The molecule has 0 aliphatic heterocycles. The van der Waals surface area contributed by atoms with E-state index < -0.39 is 0 Å². The van der Waals surface area contributed by atoms with Crippen molar-refractivity contribution in [2.24, 2.45) is 4.99 Å². The molecule has 0 spiro atoms. The van der Waals surface area contributed by atoms with Gasteiger partial charge in [-0.3, -0.25) is 9.98 Å². The molecule has 2 rings (SSSR count). The van der Waals surface area contributed by atoms with Gasteiger partial charge in [0, 0.05) is 38.4 Å². The van der Waals surface area contributed by atoms with Gasteiger partial charge in [0.2, 0.25) is 0 Å². The number of nitrogens with zero attached hydrogens (tertiary/aromatic N) is 2. The molecule has 2 N–H and O–H groups in total. The Hall–Kier alpha value is -1.63. The molecular weight excluding hydrogens is 411 g/mol. The molecule has 4 nitrogen and oxygen atoms in total. The fraction of sp³-hybridized carbons (Fsp3) is 0.368. The van der Waals surface area contributed by atoms with E-state index in [2.05, 4.69) is 53.5 Å². The molecular formula is C19H27IN4. The number of rotatable bonds is 5. The van der Waals surface area contributed by atoms with Crippen LogP contribution in [0.1, 0.15) is 27.9 Å². The third kappa shape index (κ3) is 6.11. The molecule has 5 heteroatoms. The highest BCUT2D eigenvalue weighted by Gasteiger charge is 2.05. The fourth-order valence-corrected chi connectivity index (χ4v) is 2.74. The van der Waals surface area contributed by atoms with Crippen LogP contribution >= 0.6 is 24.0 Å². The number of benzene rings is 1. The summed E-state index contributed by atoms with van der Waals surface area (Å²) >= 11 is 0. The second kappa shape index (κ2) is 10.3. The summed E-state index contributed by atoms with van der Waals surface area (Å²) in [6, 6.07) is 10.4. The van der Waals surface area contributed by atoms with E-state index in [1.165, 1.54) is 22.3 Å². The van der Waals surface area contributed by atoms with Crippen molar-refractivity contribution in [3.63, 3.8) is 0 Å². The van der Waals surface area contributed by atoms with Crippen LogP contribution in [-0.4, -0.2) is 24.5 Å². The van der Waals surface area contributed by atoms with Gasteiger partial charge in [-0.2, -0.15) is 0 Å². The van der Waals surface area contributed by atoms with Gasteiger partial charge in [-0.15, -0.1) is 24.0 Å². The highest BCUT2D eigenvalue weighted by molar-refractivity contribution is 14.0. The van der Waals surface area contributed by atoms with Crippen LogP contribution < -0.4 is 10.6 Å². The summed E-state index contributed by atoms with van der Waals surface area (Å²) in [5, 5.41) is 6.73. The second-order valence-electron chi connectivity index (χ2n) is 5.80. The quantitative estimate of drug-likeness (QED) is 0.427. The molecule has 1 aromatic carbocycles. The number of nitrogens with one attached hydrogen (secondary N) is 2. The maximum Gasteiger partial charge on any atom is 0.191 e. The van der Waals surface area contributed by atoms with E-state index in [4.69, 9.17) is 0 Å². The zero-order chi connectivity index (χ0) is 16.7. The predicted octanol–water partition coefficient (Wildman–Crippen LogP) is 3.53. The minimum Gasteiger partial charge on any atom is -0.356 e. The summed E-state index contributed by atoms with van der Waals surface area (Å²) in [5.41, 5.74) is 6.36. The van der Waals surface area contributed by atoms with Gasteiger partial charge in [-0.25, -0.2) is 0 Å². The van der Waals surface area contributed by atoms with E-state index in [1.54, 1.807) is 7.05 Å². The Balaban J connectivity index is 0.00000288. The molecule has 0 saturated heterocycles. The van der Waals surface area contributed by atoms with Crippen LogP contribution in [0.3, 0.4) is 0 Å². The monoisotopic (exact) mass is 438 g/mol. The van der Waals surface area contributed by atoms with Gasteiger partial charge >= 0.3 is 0 Å².